The molecule has 3 aliphatic rings. The van der Waals surface area contributed by atoms with Gasteiger partial charge >= 0.3 is 0 Å². The number of hydrogen-bond donors (Lipinski definition) is 1. The first-order chi connectivity index (χ1) is 61.4. The molecule has 6 nitrogen and oxygen atoms in total. The topological polar surface area (TPSA) is 57.9 Å². The number of nitrogens with zero attached hydrogens (tertiary/aromatic N) is 2. The highest BCUT2D eigenvalue weighted by atomic mass is 79.9. The van der Waals surface area contributed by atoms with E-state index in [0.717, 1.165) is 98.7 Å². The Morgan fingerprint density at radius 3 is 0.937 bits per heavy atom. The predicted octanol–water partition coefficient (Wildman–Crippen LogP) is 37.6. The van der Waals surface area contributed by atoms with Crippen LogP contribution >= 0.6 is 31.9 Å². The van der Waals surface area contributed by atoms with Crippen LogP contribution in [0.1, 0.15) is 146 Å². The van der Waals surface area contributed by atoms with Gasteiger partial charge in [0.25, 0.3) is 0 Å². The van der Waals surface area contributed by atoms with Gasteiger partial charge in [-0.3, -0.25) is 0 Å². The van der Waals surface area contributed by atoms with Gasteiger partial charge < -0.3 is 28.4 Å². The van der Waals surface area contributed by atoms with Crippen LogP contribution in [0.5, 0.6) is 0 Å². The fourth-order valence-electron chi connectivity index (χ4n) is 22.1. The van der Waals surface area contributed by atoms with E-state index in [9.17, 15) is 0 Å². The lowest BCUT2D eigenvalue weighted by Gasteiger charge is -2.29. The SMILES string of the molecule is Brc1ccc2ccc3c(Br)ccc4ccc1c2c43.C.C.c1ccc(N(c2ccc3ccc4c(N(c5ccccc5)c5cccc6c5oc5c(C7CCCCC7)cc7ccccc7c56)ccc5ccc2c3c54)c2cccc3c2oc2c(C4CCCCC4)cc4ccccc4c23)cc1.c1ccc(Nc2cccc3c2oc2c(C4CCCCC4)cc4ccccc4c23)cc1. The number of furan rings is 3. The quantitative estimate of drug-likeness (QED) is 0.130. The molecule has 0 unspecified atom stereocenters. The number of rotatable bonds is 11. The second-order valence-corrected chi connectivity index (χ2v) is 36.6. The van der Waals surface area contributed by atoms with Crippen molar-refractivity contribution in [3.63, 3.8) is 0 Å². The van der Waals surface area contributed by atoms with Crippen LogP contribution in [-0.2, 0) is 0 Å². The summed E-state index contributed by atoms with van der Waals surface area (Å²) in [6.07, 6.45) is 19.0. The normalized spacial score (nSPS) is 14.4. The van der Waals surface area contributed by atoms with Crippen LogP contribution in [-0.4, -0.2) is 0 Å². The second-order valence-electron chi connectivity index (χ2n) is 34.9. The molecule has 23 aromatic rings. The van der Waals surface area contributed by atoms with Crippen LogP contribution in [0.2, 0.25) is 0 Å². The van der Waals surface area contributed by atoms with Crippen LogP contribution in [0, 0.1) is 0 Å². The van der Waals surface area contributed by atoms with E-state index < -0.39 is 0 Å². The minimum atomic E-state index is 0. The van der Waals surface area contributed by atoms with Gasteiger partial charge in [0.15, 0.2) is 16.7 Å². The Morgan fingerprint density at radius 2 is 0.540 bits per heavy atom. The lowest BCUT2D eigenvalue weighted by molar-refractivity contribution is 0.442. The summed E-state index contributed by atoms with van der Waals surface area (Å²) in [6.45, 7) is 0. The highest BCUT2D eigenvalue weighted by molar-refractivity contribution is 9.11. The van der Waals surface area contributed by atoms with Gasteiger partial charge in [0.2, 0.25) is 0 Å². The van der Waals surface area contributed by atoms with Crippen molar-refractivity contribution in [3.8, 4) is 0 Å². The van der Waals surface area contributed by atoms with Crippen molar-refractivity contribution in [2.45, 2.75) is 129 Å². The average Bonchev–Trinajstić information content (AvgIpc) is 1.18. The molecule has 3 heterocycles. The van der Waals surface area contributed by atoms with E-state index in [4.69, 9.17) is 13.3 Å². The molecule has 0 aliphatic heterocycles. The third kappa shape index (κ3) is 13.3. The second kappa shape index (κ2) is 32.8. The number of fused-ring (bicyclic) bond motifs is 15. The van der Waals surface area contributed by atoms with Crippen molar-refractivity contribution in [1.82, 2.24) is 0 Å². The molecule has 126 heavy (non-hydrogen) atoms. The summed E-state index contributed by atoms with van der Waals surface area (Å²) in [7, 11) is 0. The van der Waals surface area contributed by atoms with E-state index in [2.05, 4.69) is 375 Å². The van der Waals surface area contributed by atoms with E-state index in [-0.39, 0.29) is 14.9 Å². The van der Waals surface area contributed by atoms with Crippen LogP contribution in [0.3, 0.4) is 0 Å². The van der Waals surface area contributed by atoms with Gasteiger partial charge in [-0.05, 0) is 256 Å². The molecule has 0 radical (unpaired) electrons. The van der Waals surface area contributed by atoms with Gasteiger partial charge in [0.05, 0.1) is 28.4 Å². The van der Waals surface area contributed by atoms with E-state index in [0.29, 0.717) is 17.8 Å². The van der Waals surface area contributed by atoms with Crippen molar-refractivity contribution < 1.29 is 13.3 Å². The number of para-hydroxylation sites is 6. The maximum absolute atomic E-state index is 7.40. The zero-order chi connectivity index (χ0) is 82.0. The maximum atomic E-state index is 7.40. The molecule has 1 N–H and O–H groups in total. The Labute approximate surface area is 751 Å². The van der Waals surface area contributed by atoms with Crippen molar-refractivity contribution in [2.24, 2.45) is 0 Å². The molecule has 0 saturated heterocycles. The molecule has 0 amide bonds. The molecule has 0 bridgehead atoms. The largest absolute Gasteiger partial charge is 0.454 e. The first-order valence-electron chi connectivity index (χ1n) is 44.7. The first-order valence-corrected chi connectivity index (χ1v) is 46.3. The van der Waals surface area contributed by atoms with Crippen molar-refractivity contribution in [1.29, 1.82) is 0 Å². The smallest absolute Gasteiger partial charge is 0.159 e. The Hall–Kier alpha value is -13.0. The highest BCUT2D eigenvalue weighted by Crippen LogP contribution is 2.55. The van der Waals surface area contributed by atoms with E-state index in [1.54, 1.807) is 0 Å². The van der Waals surface area contributed by atoms with Gasteiger partial charge in [0, 0.05) is 69.1 Å². The third-order valence-corrected chi connectivity index (χ3v) is 29.3. The monoisotopic (exact) mass is 1760 g/mol. The van der Waals surface area contributed by atoms with Gasteiger partial charge in [-0.15, -0.1) is 0 Å². The van der Waals surface area contributed by atoms with Gasteiger partial charge in [-0.2, -0.15) is 0 Å². The summed E-state index contributed by atoms with van der Waals surface area (Å²) in [5.41, 5.74) is 18.6. The Bertz CT molecular complexity index is 7700. The summed E-state index contributed by atoms with van der Waals surface area (Å²) < 4.78 is 23.8. The number of anilines is 8. The van der Waals surface area contributed by atoms with E-state index >= 15 is 0 Å². The number of benzene rings is 20. The van der Waals surface area contributed by atoms with Gasteiger partial charge in [-0.1, -0.05) is 341 Å². The highest BCUT2D eigenvalue weighted by Gasteiger charge is 2.32. The lowest BCUT2D eigenvalue weighted by atomic mass is 9.82. The van der Waals surface area contributed by atoms with Crippen molar-refractivity contribution in [3.05, 3.63) is 359 Å². The van der Waals surface area contributed by atoms with E-state index in [1.807, 2.05) is 6.07 Å². The minimum absolute atomic E-state index is 0. The molecular formula is C118H97Br2N3O3. The molecule has 8 heteroatoms. The first kappa shape index (κ1) is 79.0. The Kier molecular flexibility index (Phi) is 20.6. The average molecular weight is 1760 g/mol. The van der Waals surface area contributed by atoms with Crippen LogP contribution < -0.4 is 15.1 Å². The molecule has 0 spiro atoms. The zero-order valence-corrected chi connectivity index (χ0v) is 72.1. The molecule has 0 atom stereocenters. The maximum Gasteiger partial charge on any atom is 0.159 e. The summed E-state index contributed by atoms with van der Waals surface area (Å²) in [5.74, 6) is 1.57. The zero-order valence-electron chi connectivity index (χ0n) is 69.0. The minimum Gasteiger partial charge on any atom is -0.454 e. The number of hydrogen-bond acceptors (Lipinski definition) is 6. The van der Waals surface area contributed by atoms with Crippen molar-refractivity contribution >= 4 is 240 Å². The fourth-order valence-corrected chi connectivity index (χ4v) is 23.1. The Morgan fingerprint density at radius 1 is 0.230 bits per heavy atom. The molecular weight excluding hydrogens is 1670 g/mol. The molecule has 3 saturated carbocycles. The number of nitrogens with one attached hydrogen (secondary N) is 1. The summed E-state index contributed by atoms with van der Waals surface area (Å²) in [4.78, 5) is 4.90. The van der Waals surface area contributed by atoms with Gasteiger partial charge in [-0.25, -0.2) is 0 Å². The van der Waals surface area contributed by atoms with Crippen LogP contribution in [0.15, 0.2) is 356 Å². The van der Waals surface area contributed by atoms with Crippen molar-refractivity contribution in [2.75, 3.05) is 15.1 Å². The lowest BCUT2D eigenvalue weighted by Crippen LogP contribution is -2.11. The number of halogens is 2. The molecule has 3 aliphatic carbocycles. The fraction of sp³-hybridized carbons (Fsp3) is 0.169. The molecule has 20 aromatic carbocycles. The van der Waals surface area contributed by atoms with Crippen LogP contribution in [0.25, 0.3) is 163 Å². The summed E-state index contributed by atoms with van der Waals surface area (Å²) >= 11 is 7.30. The summed E-state index contributed by atoms with van der Waals surface area (Å²) in [6, 6.07) is 122. The third-order valence-electron chi connectivity index (χ3n) is 27.9. The molecule has 616 valence electrons. The molecule has 3 aromatic heterocycles. The van der Waals surface area contributed by atoms with Crippen LogP contribution in [0.4, 0.5) is 45.5 Å². The molecule has 3 fully saturated rings. The molecule has 26 rings (SSSR count). The van der Waals surface area contributed by atoms with Gasteiger partial charge in [0.1, 0.15) is 16.7 Å². The predicted molar refractivity (Wildman–Crippen MR) is 547 cm³/mol. The van der Waals surface area contributed by atoms with E-state index in [1.165, 1.54) is 231 Å². The Balaban J connectivity index is 0.000000152. The standard InChI is InChI=1S/C72H56N2O2.C28H25NO.C16H8Br2.2CH4/c1-5-19-45(20-6-1)59-43-49-23-13-15-29-53(49)67-57-31-17-33-63(69(57)75-71(59)67)73(51-25-9-3-10-26-51)61-41-37-47-36-40-56-62(42-38-48-35-39-55(61)65(47)66(48)56)74(52-27-11-4-12-28-52)64-34-18-32-58-68-54-30-16-14-24-50(54)44-60(72(68)76-70(58)64)46-21-7-2-8-22-46;1-3-10-19(11-4-1)24-18-20-12-7-8-15-22(20)26-23-16-9-17-25(27(23)30-28(24)26)29-21-13-5-2-6-14-21;17-13-8-4-10-2-6-12-14(18)7-3-9-1-5-11(13)16(10)15(9)12;;/h3-4,9-18,23-46H,1-2,5-8,19-22H2;2,5-9,12-19,29H,1,3-4,10-11H2;1-8H;2*1H4. The summed E-state index contributed by atoms with van der Waals surface area (Å²) in [5, 5.41) is 33.6.